The van der Waals surface area contributed by atoms with Crippen LogP contribution in [0, 0.1) is 19.8 Å². The van der Waals surface area contributed by atoms with Crippen LogP contribution in [-0.4, -0.2) is 71.6 Å². The second-order valence-electron chi connectivity index (χ2n) is 10.1. The molecule has 0 saturated heterocycles. The minimum atomic E-state index is -1.04. The van der Waals surface area contributed by atoms with Crippen LogP contribution < -0.4 is 10.6 Å². The molecular formula is C28H31N7O3S. The molecule has 6 rings (SSSR count). The molecule has 4 heterocycles. The fourth-order valence-electron chi connectivity index (χ4n) is 5.37. The summed E-state index contributed by atoms with van der Waals surface area (Å²) in [6.45, 7) is 4.28. The van der Waals surface area contributed by atoms with E-state index in [2.05, 4.69) is 32.7 Å². The van der Waals surface area contributed by atoms with Crippen molar-refractivity contribution in [3.8, 4) is 10.6 Å². The number of nitrogens with one attached hydrogen (secondary N) is 3. The number of para-hydroxylation sites is 1. The lowest BCUT2D eigenvalue weighted by Crippen LogP contribution is -2.35. The third-order valence-electron chi connectivity index (χ3n) is 7.50. The third kappa shape index (κ3) is 4.82. The normalized spacial score (nSPS) is 21.2. The second kappa shape index (κ2) is 10.5. The minimum absolute atomic E-state index is 0.198. The number of aromatic amines is 1. The van der Waals surface area contributed by atoms with Gasteiger partial charge in [-0.3, -0.25) is 4.98 Å². The third-order valence-corrected chi connectivity index (χ3v) is 8.54. The Morgan fingerprint density at radius 1 is 1.05 bits per heavy atom. The van der Waals surface area contributed by atoms with Gasteiger partial charge in [0.25, 0.3) is 0 Å². The smallest absolute Gasteiger partial charge is 0.224 e. The average molecular weight is 546 g/mol. The SMILES string of the molecule is Cc1nc(NCCc2c[nH]c3ccccc23)nc(N[C@@H]2C[C@H](CO)[C@@H](O)[C@H]2O)c1-c1nc2c(C)nccc2s1. The molecule has 0 bridgehead atoms. The van der Waals surface area contributed by atoms with Gasteiger partial charge in [-0.2, -0.15) is 4.98 Å². The number of aromatic nitrogens is 5. The Labute approximate surface area is 229 Å². The number of benzene rings is 1. The van der Waals surface area contributed by atoms with Crippen LogP contribution in [0.1, 0.15) is 23.4 Å². The van der Waals surface area contributed by atoms with Crippen LogP contribution in [0.4, 0.5) is 11.8 Å². The molecular weight excluding hydrogens is 514 g/mol. The second-order valence-corrected chi connectivity index (χ2v) is 11.1. The van der Waals surface area contributed by atoms with Crippen molar-refractivity contribution >= 4 is 44.2 Å². The first-order chi connectivity index (χ1) is 18.9. The molecule has 4 atom stereocenters. The largest absolute Gasteiger partial charge is 0.396 e. The van der Waals surface area contributed by atoms with Crippen LogP contribution in [0.15, 0.2) is 42.7 Å². The molecule has 6 N–H and O–H groups in total. The number of thiazole rings is 1. The van der Waals surface area contributed by atoms with Crippen LogP contribution in [0.5, 0.6) is 0 Å². The van der Waals surface area contributed by atoms with Crippen LogP contribution in [0.2, 0.25) is 0 Å². The molecule has 0 unspecified atom stereocenters. The van der Waals surface area contributed by atoms with Gasteiger partial charge >= 0.3 is 0 Å². The van der Waals surface area contributed by atoms with Crippen molar-refractivity contribution in [2.75, 3.05) is 23.8 Å². The summed E-state index contributed by atoms with van der Waals surface area (Å²) in [5.41, 5.74) is 5.47. The van der Waals surface area contributed by atoms with Gasteiger partial charge in [0.1, 0.15) is 22.4 Å². The van der Waals surface area contributed by atoms with Gasteiger partial charge in [-0.1, -0.05) is 18.2 Å². The van der Waals surface area contributed by atoms with Crippen molar-refractivity contribution in [3.63, 3.8) is 0 Å². The van der Waals surface area contributed by atoms with E-state index in [-0.39, 0.29) is 6.61 Å². The predicted octanol–water partition coefficient (Wildman–Crippen LogP) is 3.42. The monoisotopic (exact) mass is 545 g/mol. The lowest BCUT2D eigenvalue weighted by Gasteiger charge is -2.21. The molecule has 5 aromatic rings. The molecule has 10 nitrogen and oxygen atoms in total. The summed E-state index contributed by atoms with van der Waals surface area (Å²) in [7, 11) is 0. The maximum Gasteiger partial charge on any atom is 0.224 e. The van der Waals surface area contributed by atoms with Gasteiger partial charge in [-0.25, -0.2) is 9.97 Å². The molecule has 1 fully saturated rings. The molecule has 1 aliphatic rings. The van der Waals surface area contributed by atoms with Crippen molar-refractivity contribution < 1.29 is 15.3 Å². The number of hydrogen-bond donors (Lipinski definition) is 6. The van der Waals surface area contributed by atoms with E-state index in [1.54, 1.807) is 6.20 Å². The van der Waals surface area contributed by atoms with Gasteiger partial charge in [-0.15, -0.1) is 11.3 Å². The number of H-pyrrole nitrogens is 1. The van der Waals surface area contributed by atoms with Gasteiger partial charge < -0.3 is 30.9 Å². The highest BCUT2D eigenvalue weighted by Gasteiger charge is 2.41. The first-order valence-corrected chi connectivity index (χ1v) is 13.9. The zero-order chi connectivity index (χ0) is 27.1. The van der Waals surface area contributed by atoms with E-state index in [1.165, 1.54) is 22.3 Å². The van der Waals surface area contributed by atoms with Gasteiger partial charge in [0.05, 0.1) is 33.8 Å². The number of aliphatic hydroxyl groups excluding tert-OH is 3. The van der Waals surface area contributed by atoms with Gasteiger partial charge in [0.2, 0.25) is 5.95 Å². The Balaban J connectivity index is 1.32. The number of fused-ring (bicyclic) bond motifs is 2. The molecule has 11 heteroatoms. The van der Waals surface area contributed by atoms with Crippen molar-refractivity contribution in [1.29, 1.82) is 0 Å². The number of aliphatic hydroxyl groups is 3. The molecule has 0 aliphatic heterocycles. The summed E-state index contributed by atoms with van der Waals surface area (Å²) in [6.07, 6.45) is 2.95. The lowest BCUT2D eigenvalue weighted by atomic mass is 10.1. The number of nitrogens with zero attached hydrogens (tertiary/aromatic N) is 4. The summed E-state index contributed by atoms with van der Waals surface area (Å²) in [5, 5.41) is 39.4. The summed E-state index contributed by atoms with van der Waals surface area (Å²) < 4.78 is 1.01. The highest BCUT2D eigenvalue weighted by Crippen LogP contribution is 2.38. The Kier molecular flexibility index (Phi) is 6.90. The average Bonchev–Trinajstić information content (AvgIpc) is 3.62. The fraction of sp³-hybridized carbons (Fsp3) is 0.357. The molecule has 4 aromatic heterocycles. The Morgan fingerprint density at radius 2 is 1.90 bits per heavy atom. The van der Waals surface area contributed by atoms with Crippen LogP contribution in [0.25, 0.3) is 31.7 Å². The molecule has 39 heavy (non-hydrogen) atoms. The molecule has 1 aliphatic carbocycles. The number of aryl methyl sites for hydroxylation is 2. The summed E-state index contributed by atoms with van der Waals surface area (Å²) in [5.74, 6) is 0.578. The highest BCUT2D eigenvalue weighted by atomic mass is 32.1. The van der Waals surface area contributed by atoms with Crippen molar-refractivity contribution in [2.24, 2.45) is 5.92 Å². The molecule has 0 spiro atoms. The number of pyridine rings is 1. The topological polar surface area (TPSA) is 152 Å². The molecule has 202 valence electrons. The van der Waals surface area contributed by atoms with Crippen LogP contribution >= 0.6 is 11.3 Å². The Hall–Kier alpha value is -3.64. The van der Waals surface area contributed by atoms with E-state index in [0.29, 0.717) is 24.7 Å². The molecule has 1 aromatic carbocycles. The van der Waals surface area contributed by atoms with Crippen molar-refractivity contribution in [3.05, 3.63) is 59.7 Å². The van der Waals surface area contributed by atoms with E-state index in [4.69, 9.17) is 15.0 Å². The Bertz CT molecular complexity index is 1630. The number of anilines is 2. The van der Waals surface area contributed by atoms with E-state index in [9.17, 15) is 15.3 Å². The van der Waals surface area contributed by atoms with Gasteiger partial charge in [0.15, 0.2) is 0 Å². The van der Waals surface area contributed by atoms with Gasteiger partial charge in [0, 0.05) is 42.4 Å². The summed E-state index contributed by atoms with van der Waals surface area (Å²) >= 11 is 1.53. The van der Waals surface area contributed by atoms with Crippen molar-refractivity contribution in [2.45, 2.75) is 44.9 Å². The van der Waals surface area contributed by atoms with E-state index >= 15 is 0 Å². The Morgan fingerprint density at radius 3 is 2.69 bits per heavy atom. The maximum atomic E-state index is 10.7. The standard InChI is InChI=1S/C28H31N7O3S/c1-14-22(27-34-23-15(2)29-10-8-21(23)39-27)26(33-20-11-17(13-36)24(37)25(20)38)35-28(32-14)30-9-7-16-12-31-19-6-4-3-5-18(16)19/h3-6,8,10,12,17,20,24-25,31,36-38H,7,9,11,13H2,1-2H3,(H2,30,32,33,35)/t17-,20-,24-,25+/m1/s1. The summed E-state index contributed by atoms with van der Waals surface area (Å²) in [4.78, 5) is 22.1. The highest BCUT2D eigenvalue weighted by molar-refractivity contribution is 7.21. The quantitative estimate of drug-likeness (QED) is 0.172. The maximum absolute atomic E-state index is 10.7. The zero-order valence-electron chi connectivity index (χ0n) is 21.7. The fourth-order valence-corrected chi connectivity index (χ4v) is 6.48. The van der Waals surface area contributed by atoms with E-state index < -0.39 is 24.2 Å². The number of rotatable bonds is 8. The van der Waals surface area contributed by atoms with Crippen LogP contribution in [-0.2, 0) is 6.42 Å². The van der Waals surface area contributed by atoms with E-state index in [0.717, 1.165) is 44.1 Å². The first kappa shape index (κ1) is 25.6. The first-order valence-electron chi connectivity index (χ1n) is 13.1. The molecule has 0 radical (unpaired) electrons. The lowest BCUT2D eigenvalue weighted by molar-refractivity contribution is 0.00446. The molecule has 0 amide bonds. The predicted molar refractivity (Wildman–Crippen MR) is 153 cm³/mol. The van der Waals surface area contributed by atoms with Crippen molar-refractivity contribution in [1.82, 2.24) is 24.9 Å². The summed E-state index contributed by atoms with van der Waals surface area (Å²) in [6, 6.07) is 9.67. The zero-order valence-corrected chi connectivity index (χ0v) is 22.5. The van der Waals surface area contributed by atoms with E-state index in [1.807, 2.05) is 38.2 Å². The molecule has 1 saturated carbocycles. The number of hydrogen-bond acceptors (Lipinski definition) is 10. The van der Waals surface area contributed by atoms with Gasteiger partial charge in [-0.05, 0) is 44.4 Å². The van der Waals surface area contributed by atoms with Crippen LogP contribution in [0.3, 0.4) is 0 Å². The minimum Gasteiger partial charge on any atom is -0.396 e.